The fraction of sp³-hybridized carbons (Fsp3) is 0.804. The molecule has 0 bridgehead atoms. The lowest BCUT2D eigenvalue weighted by Crippen LogP contribution is -2.45. The van der Waals surface area contributed by atoms with Gasteiger partial charge in [0.2, 0.25) is 5.91 Å². The van der Waals surface area contributed by atoms with E-state index in [1.165, 1.54) is 167 Å². The maximum absolute atomic E-state index is 12.9. The zero-order valence-electron chi connectivity index (χ0n) is 43.2. The summed E-state index contributed by atoms with van der Waals surface area (Å²) in [5.41, 5.74) is 0. The normalized spacial score (nSPS) is 14.5. The number of unbranched alkanes of at least 4 members (excludes halogenated alkanes) is 28. The predicted octanol–water partition coefficient (Wildman–Crippen LogP) is 16.1. The molecule has 0 rings (SSSR count). The number of aliphatic hydroxyl groups excluding tert-OH is 1. The van der Waals surface area contributed by atoms with Gasteiger partial charge in [0.15, 0.2) is 0 Å². The van der Waals surface area contributed by atoms with Crippen molar-refractivity contribution in [2.75, 3.05) is 40.9 Å². The largest absolute Gasteiger partial charge is 0.472 e. The number of aliphatic hydroxyl groups is 1. The summed E-state index contributed by atoms with van der Waals surface area (Å²) in [6, 6.07) is -0.874. The molecular weight excluding hydrogens is 828 g/mol. The second-order valence-corrected chi connectivity index (χ2v) is 21.0. The molecular formula is C56H106N2O6P+. The average molecular weight is 934 g/mol. The zero-order valence-corrected chi connectivity index (χ0v) is 44.1. The van der Waals surface area contributed by atoms with Crippen LogP contribution < -0.4 is 5.32 Å². The molecule has 0 heterocycles. The Labute approximate surface area is 402 Å². The van der Waals surface area contributed by atoms with Gasteiger partial charge < -0.3 is 19.8 Å². The topological polar surface area (TPSA) is 105 Å². The van der Waals surface area contributed by atoms with Crippen molar-refractivity contribution in [2.24, 2.45) is 0 Å². The molecule has 0 aromatic carbocycles. The molecule has 65 heavy (non-hydrogen) atoms. The molecule has 0 aliphatic rings. The molecule has 0 saturated carbocycles. The minimum atomic E-state index is -4.36. The summed E-state index contributed by atoms with van der Waals surface area (Å²) in [5.74, 6) is -0.196. The van der Waals surface area contributed by atoms with Gasteiger partial charge in [-0.05, 0) is 77.0 Å². The molecule has 0 aliphatic carbocycles. The van der Waals surface area contributed by atoms with Gasteiger partial charge in [0, 0.05) is 6.42 Å². The highest BCUT2D eigenvalue weighted by atomic mass is 31.2. The van der Waals surface area contributed by atoms with E-state index in [4.69, 9.17) is 9.05 Å². The Bertz CT molecular complexity index is 1240. The molecule has 0 fully saturated rings. The SMILES string of the molecule is CCCCCCC/C=C\C/C=C\CCCCCCCCCCCC(=O)NC(COP(=O)(O)OCC[N+](C)(C)C)C(O)/C=C/CC/C=C/CC/C=C/CCCCCCCCCCCCCC. The van der Waals surface area contributed by atoms with Crippen molar-refractivity contribution >= 4 is 13.7 Å². The molecule has 0 aromatic rings. The van der Waals surface area contributed by atoms with Crippen LogP contribution in [0.4, 0.5) is 0 Å². The summed E-state index contributed by atoms with van der Waals surface area (Å²) in [5, 5.41) is 13.9. The monoisotopic (exact) mass is 934 g/mol. The Morgan fingerprint density at radius 3 is 1.32 bits per heavy atom. The number of phosphoric ester groups is 1. The van der Waals surface area contributed by atoms with Crippen LogP contribution in [0.25, 0.3) is 0 Å². The summed E-state index contributed by atoms with van der Waals surface area (Å²) >= 11 is 0. The van der Waals surface area contributed by atoms with Crippen molar-refractivity contribution in [3.05, 3.63) is 60.8 Å². The number of likely N-dealkylation sites (N-methyl/N-ethyl adjacent to an activating group) is 1. The third-order valence-corrected chi connectivity index (χ3v) is 12.9. The Balaban J connectivity index is 4.36. The Hall–Kier alpha value is -1.80. The molecule has 0 aliphatic heterocycles. The van der Waals surface area contributed by atoms with Crippen molar-refractivity contribution < 1.29 is 32.9 Å². The van der Waals surface area contributed by atoms with Gasteiger partial charge in [-0.3, -0.25) is 13.8 Å². The molecule has 3 unspecified atom stereocenters. The van der Waals surface area contributed by atoms with Gasteiger partial charge in [-0.25, -0.2) is 4.57 Å². The fourth-order valence-corrected chi connectivity index (χ4v) is 8.37. The van der Waals surface area contributed by atoms with Crippen LogP contribution in [0.2, 0.25) is 0 Å². The minimum absolute atomic E-state index is 0.0509. The van der Waals surface area contributed by atoms with E-state index >= 15 is 0 Å². The highest BCUT2D eigenvalue weighted by Gasteiger charge is 2.27. The third-order valence-electron chi connectivity index (χ3n) is 11.9. The lowest BCUT2D eigenvalue weighted by molar-refractivity contribution is -0.870. The Kier molecular flexibility index (Phi) is 46.0. The highest BCUT2D eigenvalue weighted by Crippen LogP contribution is 2.43. The smallest absolute Gasteiger partial charge is 0.387 e. The fourth-order valence-electron chi connectivity index (χ4n) is 7.63. The molecule has 3 atom stereocenters. The van der Waals surface area contributed by atoms with Crippen LogP contribution in [-0.4, -0.2) is 73.4 Å². The van der Waals surface area contributed by atoms with Gasteiger partial charge in [0.25, 0.3) is 0 Å². The maximum atomic E-state index is 12.9. The molecule has 0 aromatic heterocycles. The van der Waals surface area contributed by atoms with Crippen LogP contribution in [0.3, 0.4) is 0 Å². The van der Waals surface area contributed by atoms with E-state index in [-0.39, 0.29) is 19.1 Å². The number of rotatable bonds is 49. The highest BCUT2D eigenvalue weighted by molar-refractivity contribution is 7.47. The number of nitrogens with zero attached hydrogens (tertiary/aromatic N) is 1. The Morgan fingerprint density at radius 1 is 0.523 bits per heavy atom. The van der Waals surface area contributed by atoms with Crippen molar-refractivity contribution in [1.29, 1.82) is 0 Å². The number of nitrogens with one attached hydrogen (secondary N) is 1. The van der Waals surface area contributed by atoms with Crippen LogP contribution in [0.15, 0.2) is 60.8 Å². The van der Waals surface area contributed by atoms with Crippen molar-refractivity contribution in [3.8, 4) is 0 Å². The molecule has 380 valence electrons. The molecule has 8 nitrogen and oxygen atoms in total. The zero-order chi connectivity index (χ0) is 47.8. The first-order valence-corrected chi connectivity index (χ1v) is 28.7. The maximum Gasteiger partial charge on any atom is 0.472 e. The predicted molar refractivity (Wildman–Crippen MR) is 281 cm³/mol. The summed E-state index contributed by atoms with van der Waals surface area (Å²) in [7, 11) is 1.54. The second kappa shape index (κ2) is 47.3. The number of carbonyl (C=O) groups excluding carboxylic acids is 1. The summed E-state index contributed by atoms with van der Waals surface area (Å²) in [6.07, 6.45) is 63.1. The lowest BCUT2D eigenvalue weighted by Gasteiger charge is -2.25. The average Bonchev–Trinajstić information content (AvgIpc) is 3.26. The van der Waals surface area contributed by atoms with Crippen molar-refractivity contribution in [3.63, 3.8) is 0 Å². The van der Waals surface area contributed by atoms with Crippen LogP contribution >= 0.6 is 7.82 Å². The van der Waals surface area contributed by atoms with Crippen molar-refractivity contribution in [2.45, 2.75) is 251 Å². The lowest BCUT2D eigenvalue weighted by atomic mass is 10.0. The summed E-state index contributed by atoms with van der Waals surface area (Å²) in [6.45, 7) is 4.78. The van der Waals surface area contributed by atoms with Gasteiger partial charge in [-0.15, -0.1) is 0 Å². The quantitative estimate of drug-likeness (QED) is 0.0243. The van der Waals surface area contributed by atoms with E-state index in [0.29, 0.717) is 17.4 Å². The summed E-state index contributed by atoms with van der Waals surface area (Å²) < 4.78 is 23.6. The van der Waals surface area contributed by atoms with E-state index in [9.17, 15) is 19.4 Å². The first-order valence-electron chi connectivity index (χ1n) is 27.2. The first-order chi connectivity index (χ1) is 31.5. The van der Waals surface area contributed by atoms with Gasteiger partial charge in [0.05, 0.1) is 39.9 Å². The van der Waals surface area contributed by atoms with Crippen LogP contribution in [0, 0.1) is 0 Å². The molecule has 1 amide bonds. The first kappa shape index (κ1) is 63.2. The molecule has 9 heteroatoms. The number of allylic oxidation sites excluding steroid dienone is 9. The minimum Gasteiger partial charge on any atom is -0.387 e. The molecule has 0 spiro atoms. The van der Waals surface area contributed by atoms with Crippen LogP contribution in [0.5, 0.6) is 0 Å². The molecule has 0 saturated heterocycles. The van der Waals surface area contributed by atoms with Crippen molar-refractivity contribution in [1.82, 2.24) is 5.32 Å². The number of hydrogen-bond donors (Lipinski definition) is 3. The standard InChI is InChI=1S/C56H105N2O6P/c1-6-8-10-12-14-16-18-20-22-24-26-28-30-31-33-35-37-39-41-43-45-47-49-55(59)54(53-64-65(61,62)63-52-51-58(3,4)5)57-56(60)50-48-46-44-42-40-38-36-34-32-29-27-25-23-21-19-17-15-13-11-9-7-2/h19,21,25,27,31,33,39,41,47,49,54-55,59H,6-18,20,22-24,26,28-30,32,34-38,40,42-46,48,50-53H2,1-5H3,(H-,57,60,61,62)/p+1/b21-19-,27-25-,33-31+,41-39+,49-47+. The second-order valence-electron chi connectivity index (χ2n) is 19.6. The van der Waals surface area contributed by atoms with E-state index in [1.54, 1.807) is 6.08 Å². The van der Waals surface area contributed by atoms with Crippen LogP contribution in [-0.2, 0) is 18.4 Å². The van der Waals surface area contributed by atoms with Crippen LogP contribution in [0.1, 0.15) is 239 Å². The van der Waals surface area contributed by atoms with E-state index in [1.807, 2.05) is 27.2 Å². The number of quaternary nitrogens is 1. The van der Waals surface area contributed by atoms with E-state index in [0.717, 1.165) is 51.4 Å². The van der Waals surface area contributed by atoms with Gasteiger partial charge in [-0.2, -0.15) is 0 Å². The molecule has 0 radical (unpaired) electrons. The number of hydrogen-bond acceptors (Lipinski definition) is 5. The van der Waals surface area contributed by atoms with E-state index < -0.39 is 20.0 Å². The number of phosphoric acid groups is 1. The number of carbonyl (C=O) groups is 1. The van der Waals surface area contributed by atoms with Gasteiger partial charge in [0.1, 0.15) is 13.2 Å². The van der Waals surface area contributed by atoms with Gasteiger partial charge >= 0.3 is 7.82 Å². The van der Waals surface area contributed by atoms with Gasteiger partial charge in [-0.1, -0.05) is 216 Å². The van der Waals surface area contributed by atoms with E-state index in [2.05, 4.69) is 67.8 Å². The third kappa shape index (κ3) is 49.9. The molecule has 3 N–H and O–H groups in total. The number of amides is 1. The Morgan fingerprint density at radius 2 is 0.892 bits per heavy atom. The summed E-state index contributed by atoms with van der Waals surface area (Å²) in [4.78, 5) is 23.2.